The molecule has 128 valence electrons. The van der Waals surface area contributed by atoms with Crippen LogP contribution in [0.5, 0.6) is 0 Å². The highest BCUT2D eigenvalue weighted by Gasteiger charge is 2.28. The maximum Gasteiger partial charge on any atom is 0.401 e. The van der Waals surface area contributed by atoms with Crippen molar-refractivity contribution in [1.29, 1.82) is 0 Å². The lowest BCUT2D eigenvalue weighted by atomic mass is 10.2. The van der Waals surface area contributed by atoms with Crippen LogP contribution in [0.3, 0.4) is 0 Å². The summed E-state index contributed by atoms with van der Waals surface area (Å²) in [5.74, 6) is 0.708. The summed E-state index contributed by atoms with van der Waals surface area (Å²) >= 11 is 0. The zero-order valence-corrected chi connectivity index (χ0v) is 15.4. The van der Waals surface area contributed by atoms with Crippen molar-refractivity contribution in [2.75, 3.05) is 40.3 Å². The highest BCUT2D eigenvalue weighted by Crippen LogP contribution is 2.15. The van der Waals surface area contributed by atoms with Gasteiger partial charge in [-0.25, -0.2) is 0 Å². The van der Waals surface area contributed by atoms with E-state index < -0.39 is 12.7 Å². The summed E-state index contributed by atoms with van der Waals surface area (Å²) < 4.78 is 36.3. The Morgan fingerprint density at radius 2 is 1.67 bits per heavy atom. The molecule has 0 rings (SSSR count). The van der Waals surface area contributed by atoms with Gasteiger partial charge in [0.2, 0.25) is 0 Å². The minimum atomic E-state index is -4.13. The van der Waals surface area contributed by atoms with Gasteiger partial charge in [0.15, 0.2) is 5.96 Å². The molecule has 0 amide bonds. The molecule has 0 unspecified atom stereocenters. The number of guanidine groups is 1. The van der Waals surface area contributed by atoms with Gasteiger partial charge in [-0.05, 0) is 26.4 Å². The van der Waals surface area contributed by atoms with Gasteiger partial charge in [0.1, 0.15) is 0 Å². The number of nitrogens with zero attached hydrogens (tertiary/aromatic N) is 2. The molecular weight excluding hydrogens is 396 g/mol. The second-order valence-electron chi connectivity index (χ2n) is 4.84. The average Bonchev–Trinajstić information content (AvgIpc) is 2.34. The number of alkyl halides is 3. The molecule has 0 radical (unpaired) electrons. The standard InChI is InChI=1S/C13H27F3N4.HI/c1-4-5-6-8-18-12(17-2)19-9-7-10-20(3)11-13(14,15)16;/h4-11H2,1-3H3,(H2,17,18,19);1H. The monoisotopic (exact) mass is 424 g/mol. The van der Waals surface area contributed by atoms with Gasteiger partial charge < -0.3 is 10.6 Å². The quantitative estimate of drug-likeness (QED) is 0.259. The van der Waals surface area contributed by atoms with E-state index in [1.807, 2.05) is 0 Å². The number of rotatable bonds is 9. The molecule has 0 aromatic heterocycles. The van der Waals surface area contributed by atoms with Gasteiger partial charge in [0.05, 0.1) is 6.54 Å². The summed E-state index contributed by atoms with van der Waals surface area (Å²) in [5.41, 5.74) is 0. The summed E-state index contributed by atoms with van der Waals surface area (Å²) in [6.45, 7) is 3.15. The molecule has 21 heavy (non-hydrogen) atoms. The van der Waals surface area contributed by atoms with E-state index in [2.05, 4.69) is 22.5 Å². The molecule has 0 aliphatic carbocycles. The van der Waals surface area contributed by atoms with Gasteiger partial charge in [-0.15, -0.1) is 24.0 Å². The fraction of sp³-hybridized carbons (Fsp3) is 0.923. The molecule has 0 bridgehead atoms. The molecular formula is C13H28F3IN4. The van der Waals surface area contributed by atoms with E-state index in [0.717, 1.165) is 13.0 Å². The first-order valence-electron chi connectivity index (χ1n) is 7.09. The van der Waals surface area contributed by atoms with E-state index in [0.29, 0.717) is 25.5 Å². The first-order valence-corrected chi connectivity index (χ1v) is 7.09. The first-order chi connectivity index (χ1) is 9.39. The second-order valence-corrected chi connectivity index (χ2v) is 4.84. The zero-order chi connectivity index (χ0) is 15.4. The fourth-order valence-electron chi connectivity index (χ4n) is 1.74. The molecule has 0 saturated carbocycles. The number of unbranched alkanes of at least 4 members (excludes halogenated alkanes) is 2. The molecule has 0 aliphatic rings. The Labute approximate surface area is 143 Å². The van der Waals surface area contributed by atoms with Gasteiger partial charge in [0.25, 0.3) is 0 Å². The van der Waals surface area contributed by atoms with Crippen LogP contribution in [0.25, 0.3) is 0 Å². The van der Waals surface area contributed by atoms with Crippen LogP contribution in [0.1, 0.15) is 32.6 Å². The molecule has 4 nitrogen and oxygen atoms in total. The normalized spacial score (nSPS) is 12.2. The number of hydrogen-bond donors (Lipinski definition) is 2. The van der Waals surface area contributed by atoms with E-state index in [-0.39, 0.29) is 24.0 Å². The SMILES string of the molecule is CCCCCNC(=NC)NCCCN(C)CC(F)(F)F.I. The molecule has 8 heteroatoms. The smallest absolute Gasteiger partial charge is 0.356 e. The summed E-state index contributed by atoms with van der Waals surface area (Å²) in [6, 6.07) is 0. The average molecular weight is 424 g/mol. The van der Waals surface area contributed by atoms with E-state index >= 15 is 0 Å². The Bertz CT molecular complexity index is 273. The third-order valence-corrected chi connectivity index (χ3v) is 2.75. The maximum absolute atomic E-state index is 12.1. The van der Waals surface area contributed by atoms with Crippen LogP contribution in [0, 0.1) is 0 Å². The van der Waals surface area contributed by atoms with Gasteiger partial charge in [-0.1, -0.05) is 19.8 Å². The van der Waals surface area contributed by atoms with Crippen LogP contribution in [-0.4, -0.2) is 57.3 Å². The fourth-order valence-corrected chi connectivity index (χ4v) is 1.74. The van der Waals surface area contributed by atoms with Crippen LogP contribution >= 0.6 is 24.0 Å². The lowest BCUT2D eigenvalue weighted by Gasteiger charge is -2.18. The molecule has 0 fully saturated rings. The predicted octanol–water partition coefficient (Wildman–Crippen LogP) is 2.84. The van der Waals surface area contributed by atoms with Crippen LogP contribution < -0.4 is 10.6 Å². The van der Waals surface area contributed by atoms with Crippen LogP contribution in [-0.2, 0) is 0 Å². The second kappa shape index (κ2) is 13.4. The van der Waals surface area contributed by atoms with Crippen molar-refractivity contribution < 1.29 is 13.2 Å². The van der Waals surface area contributed by atoms with E-state index in [1.54, 1.807) is 7.05 Å². The van der Waals surface area contributed by atoms with Crippen LogP contribution in [0.2, 0.25) is 0 Å². The predicted molar refractivity (Wildman–Crippen MR) is 92.5 cm³/mol. The van der Waals surface area contributed by atoms with Crippen molar-refractivity contribution in [2.45, 2.75) is 38.8 Å². The van der Waals surface area contributed by atoms with Crippen molar-refractivity contribution in [1.82, 2.24) is 15.5 Å². The number of hydrogen-bond acceptors (Lipinski definition) is 2. The topological polar surface area (TPSA) is 39.7 Å². The highest BCUT2D eigenvalue weighted by molar-refractivity contribution is 14.0. The van der Waals surface area contributed by atoms with Crippen molar-refractivity contribution >= 4 is 29.9 Å². The summed E-state index contributed by atoms with van der Waals surface area (Å²) in [6.07, 6.45) is -0.0573. The van der Waals surface area contributed by atoms with Crippen molar-refractivity contribution in [3.8, 4) is 0 Å². The lowest BCUT2D eigenvalue weighted by Crippen LogP contribution is -2.39. The zero-order valence-electron chi connectivity index (χ0n) is 13.1. The summed E-state index contributed by atoms with van der Waals surface area (Å²) in [4.78, 5) is 5.34. The highest BCUT2D eigenvalue weighted by atomic mass is 127. The molecule has 0 heterocycles. The Morgan fingerprint density at radius 3 is 2.14 bits per heavy atom. The van der Waals surface area contributed by atoms with E-state index in [1.165, 1.54) is 24.8 Å². The van der Waals surface area contributed by atoms with Crippen LogP contribution in [0.4, 0.5) is 13.2 Å². The lowest BCUT2D eigenvalue weighted by molar-refractivity contribution is -0.143. The molecule has 0 aliphatic heterocycles. The number of nitrogens with one attached hydrogen (secondary N) is 2. The molecule has 0 aromatic rings. The van der Waals surface area contributed by atoms with E-state index in [9.17, 15) is 13.2 Å². The molecule has 0 saturated heterocycles. The Hall–Kier alpha value is -0.250. The van der Waals surface area contributed by atoms with E-state index in [4.69, 9.17) is 0 Å². The van der Waals surface area contributed by atoms with Gasteiger partial charge in [-0.2, -0.15) is 13.2 Å². The van der Waals surface area contributed by atoms with Gasteiger partial charge in [-0.3, -0.25) is 9.89 Å². The van der Waals surface area contributed by atoms with Crippen molar-refractivity contribution in [3.05, 3.63) is 0 Å². The Balaban J connectivity index is 0. The Kier molecular flexibility index (Phi) is 14.7. The minimum Gasteiger partial charge on any atom is -0.356 e. The van der Waals surface area contributed by atoms with Gasteiger partial charge in [0, 0.05) is 20.1 Å². The largest absolute Gasteiger partial charge is 0.401 e. The third kappa shape index (κ3) is 16.0. The Morgan fingerprint density at radius 1 is 1.10 bits per heavy atom. The van der Waals surface area contributed by atoms with Crippen molar-refractivity contribution in [2.24, 2.45) is 4.99 Å². The maximum atomic E-state index is 12.1. The minimum absolute atomic E-state index is 0. The summed E-state index contributed by atoms with van der Waals surface area (Å²) in [7, 11) is 3.16. The number of aliphatic imine (C=N–C) groups is 1. The van der Waals surface area contributed by atoms with Crippen molar-refractivity contribution in [3.63, 3.8) is 0 Å². The third-order valence-electron chi connectivity index (χ3n) is 2.75. The summed E-state index contributed by atoms with van der Waals surface area (Å²) in [5, 5.41) is 6.27. The first kappa shape index (κ1) is 23.0. The molecule has 0 spiro atoms. The molecule has 0 aromatic carbocycles. The van der Waals surface area contributed by atoms with Gasteiger partial charge >= 0.3 is 6.18 Å². The van der Waals surface area contributed by atoms with Crippen LogP contribution in [0.15, 0.2) is 4.99 Å². The number of halogens is 4. The molecule has 2 N–H and O–H groups in total. The molecule has 0 atom stereocenters.